The molecule has 1 amide bonds. The van der Waals surface area contributed by atoms with Gasteiger partial charge in [0, 0.05) is 11.4 Å². The molecule has 1 aromatic carbocycles. The first-order chi connectivity index (χ1) is 11.2. The van der Waals surface area contributed by atoms with E-state index in [9.17, 15) is 9.18 Å². The molecule has 1 N–H and O–H groups in total. The molecule has 1 aliphatic carbocycles. The summed E-state index contributed by atoms with van der Waals surface area (Å²) in [6, 6.07) is 6.11. The molecule has 1 aromatic heterocycles. The Morgan fingerprint density at radius 3 is 2.74 bits per heavy atom. The number of hydrogen-bond donors (Lipinski definition) is 1. The molecule has 0 radical (unpaired) electrons. The molecule has 1 aliphatic rings. The number of nitrogens with zero attached hydrogens (tertiary/aromatic N) is 1. The molecular weight excluding hydrogens is 315 g/mol. The van der Waals surface area contributed by atoms with Gasteiger partial charge < -0.3 is 10.1 Å². The van der Waals surface area contributed by atoms with Crippen molar-refractivity contribution in [3.05, 3.63) is 46.2 Å². The third-order valence-corrected chi connectivity index (χ3v) is 4.72. The predicted octanol–water partition coefficient (Wildman–Crippen LogP) is 3.92. The van der Waals surface area contributed by atoms with Crippen molar-refractivity contribution >= 4 is 17.2 Å². The number of benzene rings is 1. The predicted molar refractivity (Wildman–Crippen MR) is 87.2 cm³/mol. The number of carbonyl (C=O) groups is 1. The molecule has 0 spiro atoms. The summed E-state index contributed by atoms with van der Waals surface area (Å²) in [5, 5.41) is 5.53. The Morgan fingerprint density at radius 2 is 2.00 bits per heavy atom. The van der Waals surface area contributed by atoms with Gasteiger partial charge in [0.2, 0.25) is 0 Å². The average Bonchev–Trinajstić information content (AvgIpc) is 3.04. The van der Waals surface area contributed by atoms with E-state index >= 15 is 0 Å². The van der Waals surface area contributed by atoms with Gasteiger partial charge in [-0.2, -0.15) is 0 Å². The van der Waals surface area contributed by atoms with E-state index in [1.54, 1.807) is 17.5 Å². The van der Waals surface area contributed by atoms with Crippen LogP contribution in [0.3, 0.4) is 0 Å². The Bertz CT molecular complexity index is 651. The van der Waals surface area contributed by atoms with E-state index in [0.717, 1.165) is 17.8 Å². The van der Waals surface area contributed by atoms with E-state index in [2.05, 4.69) is 10.3 Å². The van der Waals surface area contributed by atoms with Gasteiger partial charge in [-0.1, -0.05) is 19.3 Å². The van der Waals surface area contributed by atoms with Crippen LogP contribution in [0.25, 0.3) is 0 Å². The Morgan fingerprint density at radius 1 is 1.26 bits per heavy atom. The first-order valence-electron chi connectivity index (χ1n) is 7.84. The van der Waals surface area contributed by atoms with Crippen LogP contribution in [-0.2, 0) is 6.61 Å². The normalized spacial score (nSPS) is 15.3. The minimum atomic E-state index is -0.298. The standard InChI is InChI=1S/C17H19FN2O2S/c18-12-6-8-14(9-7-12)22-10-16-20-15(11-23-16)17(21)19-13-4-2-1-3-5-13/h6-9,11,13H,1-5,10H2,(H,19,21). The summed E-state index contributed by atoms with van der Waals surface area (Å²) < 4.78 is 18.4. The maximum Gasteiger partial charge on any atom is 0.270 e. The Balaban J connectivity index is 1.52. The molecule has 122 valence electrons. The van der Waals surface area contributed by atoms with Crippen LogP contribution in [0.1, 0.15) is 47.6 Å². The summed E-state index contributed by atoms with van der Waals surface area (Å²) >= 11 is 1.39. The largest absolute Gasteiger partial charge is 0.486 e. The highest BCUT2D eigenvalue weighted by atomic mass is 32.1. The summed E-state index contributed by atoms with van der Waals surface area (Å²) in [6.07, 6.45) is 5.72. The highest BCUT2D eigenvalue weighted by Gasteiger charge is 2.18. The number of nitrogens with one attached hydrogen (secondary N) is 1. The lowest BCUT2D eigenvalue weighted by molar-refractivity contribution is 0.0923. The van der Waals surface area contributed by atoms with Gasteiger partial charge >= 0.3 is 0 Å². The van der Waals surface area contributed by atoms with Crippen molar-refractivity contribution in [2.75, 3.05) is 0 Å². The maximum absolute atomic E-state index is 12.8. The average molecular weight is 334 g/mol. The lowest BCUT2D eigenvalue weighted by atomic mass is 9.95. The van der Waals surface area contributed by atoms with Gasteiger partial charge in [-0.05, 0) is 37.1 Å². The molecular formula is C17H19FN2O2S. The number of amides is 1. The maximum atomic E-state index is 12.8. The summed E-state index contributed by atoms with van der Waals surface area (Å²) in [6.45, 7) is 0.271. The minimum absolute atomic E-state index is 0.110. The molecule has 0 bridgehead atoms. The Kier molecular flexibility index (Phi) is 5.23. The molecule has 23 heavy (non-hydrogen) atoms. The molecule has 1 heterocycles. The van der Waals surface area contributed by atoms with Crippen molar-refractivity contribution in [1.29, 1.82) is 0 Å². The molecule has 1 fully saturated rings. The van der Waals surface area contributed by atoms with Crippen molar-refractivity contribution in [1.82, 2.24) is 10.3 Å². The van der Waals surface area contributed by atoms with Gasteiger partial charge in [0.1, 0.15) is 28.9 Å². The highest BCUT2D eigenvalue weighted by Crippen LogP contribution is 2.19. The lowest BCUT2D eigenvalue weighted by Crippen LogP contribution is -2.36. The van der Waals surface area contributed by atoms with Crippen LogP contribution in [0.4, 0.5) is 4.39 Å². The molecule has 0 saturated heterocycles. The molecule has 3 rings (SSSR count). The van der Waals surface area contributed by atoms with E-state index < -0.39 is 0 Å². The molecule has 1 saturated carbocycles. The van der Waals surface area contributed by atoms with Crippen molar-refractivity contribution < 1.29 is 13.9 Å². The zero-order valence-corrected chi connectivity index (χ0v) is 13.6. The topological polar surface area (TPSA) is 51.2 Å². The second kappa shape index (κ2) is 7.55. The molecule has 4 nitrogen and oxygen atoms in total. The van der Waals surface area contributed by atoms with E-state index in [1.807, 2.05) is 0 Å². The number of hydrogen-bond acceptors (Lipinski definition) is 4. The van der Waals surface area contributed by atoms with Crippen LogP contribution >= 0.6 is 11.3 Å². The number of rotatable bonds is 5. The van der Waals surface area contributed by atoms with E-state index in [-0.39, 0.29) is 24.4 Å². The minimum Gasteiger partial charge on any atom is -0.486 e. The smallest absolute Gasteiger partial charge is 0.270 e. The molecule has 6 heteroatoms. The van der Waals surface area contributed by atoms with E-state index in [4.69, 9.17) is 4.74 Å². The molecule has 0 atom stereocenters. The van der Waals surface area contributed by atoms with Crippen molar-refractivity contribution in [2.45, 2.75) is 44.8 Å². The van der Waals surface area contributed by atoms with Crippen LogP contribution < -0.4 is 10.1 Å². The van der Waals surface area contributed by atoms with Gasteiger partial charge in [-0.25, -0.2) is 9.37 Å². The summed E-state index contributed by atoms with van der Waals surface area (Å²) in [4.78, 5) is 16.5. The summed E-state index contributed by atoms with van der Waals surface area (Å²) in [5.74, 6) is 0.171. The van der Waals surface area contributed by atoms with Crippen LogP contribution in [0.5, 0.6) is 5.75 Å². The van der Waals surface area contributed by atoms with Gasteiger partial charge in [0.15, 0.2) is 0 Å². The van der Waals surface area contributed by atoms with Crippen LogP contribution in [-0.4, -0.2) is 16.9 Å². The van der Waals surface area contributed by atoms with E-state index in [0.29, 0.717) is 11.4 Å². The van der Waals surface area contributed by atoms with Crippen LogP contribution in [0.15, 0.2) is 29.6 Å². The van der Waals surface area contributed by atoms with Crippen molar-refractivity contribution in [3.8, 4) is 5.75 Å². The third-order valence-electron chi connectivity index (χ3n) is 3.90. The zero-order chi connectivity index (χ0) is 16.1. The van der Waals surface area contributed by atoms with Crippen LogP contribution in [0.2, 0.25) is 0 Å². The van der Waals surface area contributed by atoms with Gasteiger partial charge in [0.25, 0.3) is 5.91 Å². The SMILES string of the molecule is O=C(NC1CCCCC1)c1csc(COc2ccc(F)cc2)n1. The number of carbonyl (C=O) groups excluding carboxylic acids is 1. The molecule has 2 aromatic rings. The third kappa shape index (κ3) is 4.51. The fourth-order valence-electron chi connectivity index (χ4n) is 2.66. The quantitative estimate of drug-likeness (QED) is 0.901. The molecule has 0 unspecified atom stereocenters. The fraction of sp³-hybridized carbons (Fsp3) is 0.412. The number of ether oxygens (including phenoxy) is 1. The van der Waals surface area contributed by atoms with E-state index in [1.165, 1.54) is 42.7 Å². The summed E-state index contributed by atoms with van der Waals surface area (Å²) in [7, 11) is 0. The fourth-order valence-corrected chi connectivity index (χ4v) is 3.35. The zero-order valence-electron chi connectivity index (χ0n) is 12.8. The lowest BCUT2D eigenvalue weighted by Gasteiger charge is -2.22. The number of aromatic nitrogens is 1. The summed E-state index contributed by atoms with van der Waals surface area (Å²) in [5.41, 5.74) is 0.443. The monoisotopic (exact) mass is 334 g/mol. The van der Waals surface area contributed by atoms with Crippen LogP contribution in [0, 0.1) is 5.82 Å². The van der Waals surface area contributed by atoms with Crippen molar-refractivity contribution in [2.24, 2.45) is 0 Å². The van der Waals surface area contributed by atoms with Gasteiger partial charge in [0.05, 0.1) is 0 Å². The number of thiazole rings is 1. The second-order valence-electron chi connectivity index (χ2n) is 5.68. The van der Waals surface area contributed by atoms with Gasteiger partial charge in [-0.15, -0.1) is 11.3 Å². The Hall–Kier alpha value is -1.95. The number of halogens is 1. The highest BCUT2D eigenvalue weighted by molar-refractivity contribution is 7.09. The molecule has 0 aliphatic heterocycles. The van der Waals surface area contributed by atoms with Gasteiger partial charge in [-0.3, -0.25) is 4.79 Å². The second-order valence-corrected chi connectivity index (χ2v) is 6.62. The van der Waals surface area contributed by atoms with Crippen molar-refractivity contribution in [3.63, 3.8) is 0 Å². The first kappa shape index (κ1) is 15.9. The first-order valence-corrected chi connectivity index (χ1v) is 8.72. The Labute approximate surface area is 138 Å².